The third-order valence-electron chi connectivity index (χ3n) is 3.07. The molecule has 3 atom stereocenters. The van der Waals surface area contributed by atoms with Gasteiger partial charge in [0.2, 0.25) is 0 Å². The van der Waals surface area contributed by atoms with E-state index < -0.39 is 0 Å². The molecular formula is C8H16NNaO. The molecule has 11 heavy (non-hydrogen) atoms. The normalized spacial score (nSPS) is 43.6. The first kappa shape index (κ1) is 10.0. The van der Waals surface area contributed by atoms with Crippen LogP contribution in [0, 0.1) is 0 Å². The van der Waals surface area contributed by atoms with Gasteiger partial charge in [-0.25, -0.2) is 0 Å². The standard InChI is InChI=1S/C8H15NO.Na.H/c1-9-6-2-3-7(9)5-8(10)4-6;;/h6-8,10H,2-5H2,1H3;;/q;+1;-1/t6-,7+,8?;;. The van der Waals surface area contributed by atoms with Gasteiger partial charge in [0.15, 0.2) is 0 Å². The largest absolute Gasteiger partial charge is 1.00 e. The van der Waals surface area contributed by atoms with Crippen molar-refractivity contribution in [1.29, 1.82) is 0 Å². The molecular weight excluding hydrogens is 149 g/mol. The molecule has 0 aromatic rings. The van der Waals surface area contributed by atoms with Crippen molar-refractivity contribution in [2.75, 3.05) is 7.05 Å². The third-order valence-corrected chi connectivity index (χ3v) is 3.07. The molecule has 0 saturated carbocycles. The van der Waals surface area contributed by atoms with Crippen molar-refractivity contribution in [2.24, 2.45) is 0 Å². The van der Waals surface area contributed by atoms with Crippen molar-refractivity contribution in [3.05, 3.63) is 0 Å². The van der Waals surface area contributed by atoms with E-state index in [1.807, 2.05) is 0 Å². The molecule has 60 valence electrons. The van der Waals surface area contributed by atoms with E-state index >= 15 is 0 Å². The van der Waals surface area contributed by atoms with E-state index in [9.17, 15) is 5.11 Å². The molecule has 2 saturated heterocycles. The summed E-state index contributed by atoms with van der Waals surface area (Å²) in [4.78, 5) is 2.44. The van der Waals surface area contributed by atoms with E-state index in [1.54, 1.807) is 0 Å². The Labute approximate surface area is 91.7 Å². The van der Waals surface area contributed by atoms with Crippen molar-refractivity contribution < 1.29 is 36.1 Å². The van der Waals surface area contributed by atoms with Crippen molar-refractivity contribution in [3.63, 3.8) is 0 Å². The molecule has 0 aliphatic carbocycles. The molecule has 2 aliphatic heterocycles. The Bertz CT molecular complexity index is 133. The number of piperidine rings is 1. The van der Waals surface area contributed by atoms with Crippen LogP contribution in [-0.4, -0.2) is 35.2 Å². The number of hydrogen-bond acceptors (Lipinski definition) is 2. The fraction of sp³-hybridized carbons (Fsp3) is 1.00. The van der Waals surface area contributed by atoms with E-state index in [0.717, 1.165) is 12.8 Å². The van der Waals surface area contributed by atoms with Crippen molar-refractivity contribution in [3.8, 4) is 0 Å². The van der Waals surface area contributed by atoms with Crippen LogP contribution in [0.5, 0.6) is 0 Å². The van der Waals surface area contributed by atoms with E-state index in [1.165, 1.54) is 12.8 Å². The second-order valence-corrected chi connectivity index (χ2v) is 3.68. The maximum atomic E-state index is 9.38. The fourth-order valence-electron chi connectivity index (χ4n) is 2.38. The summed E-state index contributed by atoms with van der Waals surface area (Å²) < 4.78 is 0. The maximum absolute atomic E-state index is 9.38. The van der Waals surface area contributed by atoms with Crippen LogP contribution < -0.4 is 29.6 Å². The number of rotatable bonds is 0. The molecule has 2 heterocycles. The molecule has 0 amide bonds. The summed E-state index contributed by atoms with van der Waals surface area (Å²) in [5, 5.41) is 9.38. The molecule has 1 unspecified atom stereocenters. The Hall–Kier alpha value is 0.920. The maximum Gasteiger partial charge on any atom is 1.00 e. The second kappa shape index (κ2) is 3.75. The molecule has 2 rings (SSSR count). The Balaban J connectivity index is 0.000000605. The SMILES string of the molecule is CN1[C@@H]2CC[C@H]1CC(O)C2.[H-].[Na+]. The van der Waals surface area contributed by atoms with Crippen LogP contribution in [0.1, 0.15) is 27.1 Å². The smallest absolute Gasteiger partial charge is 1.00 e. The van der Waals surface area contributed by atoms with Crippen molar-refractivity contribution >= 4 is 0 Å². The van der Waals surface area contributed by atoms with Gasteiger partial charge in [-0.15, -0.1) is 0 Å². The van der Waals surface area contributed by atoms with E-state index in [2.05, 4.69) is 11.9 Å². The molecule has 0 radical (unpaired) electrons. The van der Waals surface area contributed by atoms with E-state index in [4.69, 9.17) is 0 Å². The predicted molar refractivity (Wildman–Crippen MR) is 40.9 cm³/mol. The van der Waals surface area contributed by atoms with Crippen LogP contribution in [0.2, 0.25) is 0 Å². The summed E-state index contributed by atoms with van der Waals surface area (Å²) in [7, 11) is 2.19. The van der Waals surface area contributed by atoms with Crippen LogP contribution in [-0.2, 0) is 0 Å². The third kappa shape index (κ3) is 1.81. The number of fused-ring (bicyclic) bond motifs is 2. The van der Waals surface area contributed by atoms with Crippen LogP contribution in [0.25, 0.3) is 0 Å². The summed E-state index contributed by atoms with van der Waals surface area (Å²) in [6.07, 6.45) is 4.62. The number of nitrogens with zero attached hydrogens (tertiary/aromatic N) is 1. The molecule has 2 nitrogen and oxygen atoms in total. The summed E-state index contributed by atoms with van der Waals surface area (Å²) in [6.45, 7) is 0. The molecule has 1 N–H and O–H groups in total. The molecule has 2 fully saturated rings. The van der Waals surface area contributed by atoms with Crippen LogP contribution in [0.15, 0.2) is 0 Å². The second-order valence-electron chi connectivity index (χ2n) is 3.68. The van der Waals surface area contributed by atoms with Crippen LogP contribution in [0.3, 0.4) is 0 Å². The molecule has 2 aliphatic rings. The number of aliphatic hydroxyl groups excluding tert-OH is 1. The predicted octanol–water partition coefficient (Wildman–Crippen LogP) is -2.28. The minimum Gasteiger partial charge on any atom is -1.00 e. The van der Waals surface area contributed by atoms with Crippen molar-refractivity contribution in [1.82, 2.24) is 4.90 Å². The molecule has 0 aromatic heterocycles. The van der Waals surface area contributed by atoms with Gasteiger partial charge in [-0.3, -0.25) is 0 Å². The van der Waals surface area contributed by atoms with Gasteiger partial charge in [0, 0.05) is 12.1 Å². The first-order valence-corrected chi connectivity index (χ1v) is 4.17. The Kier molecular flexibility index (Phi) is 3.41. The number of aliphatic hydroxyl groups is 1. The summed E-state index contributed by atoms with van der Waals surface area (Å²) in [5.74, 6) is 0. The van der Waals surface area contributed by atoms with Crippen LogP contribution in [0.4, 0.5) is 0 Å². The van der Waals surface area contributed by atoms with Gasteiger partial charge in [-0.1, -0.05) is 0 Å². The summed E-state index contributed by atoms with van der Waals surface area (Å²) in [6, 6.07) is 1.38. The molecule has 0 aromatic carbocycles. The minimum absolute atomic E-state index is 0. The topological polar surface area (TPSA) is 23.5 Å². The zero-order valence-corrected chi connectivity index (χ0v) is 9.45. The first-order chi connectivity index (χ1) is 4.77. The zero-order chi connectivity index (χ0) is 7.14. The average Bonchev–Trinajstić information content (AvgIpc) is 2.20. The van der Waals surface area contributed by atoms with Gasteiger partial charge in [0.25, 0.3) is 0 Å². The van der Waals surface area contributed by atoms with Crippen LogP contribution >= 0.6 is 0 Å². The number of hydrogen-bond donors (Lipinski definition) is 1. The molecule has 0 spiro atoms. The van der Waals surface area contributed by atoms with Crippen molar-refractivity contribution in [2.45, 2.75) is 43.9 Å². The Morgan fingerprint density at radius 3 is 2.18 bits per heavy atom. The monoisotopic (exact) mass is 165 g/mol. The van der Waals surface area contributed by atoms with E-state index in [-0.39, 0.29) is 37.1 Å². The Morgan fingerprint density at radius 2 is 1.73 bits per heavy atom. The van der Waals surface area contributed by atoms with Gasteiger partial charge in [0.1, 0.15) is 0 Å². The first-order valence-electron chi connectivity index (χ1n) is 4.17. The zero-order valence-electron chi connectivity index (χ0n) is 8.45. The van der Waals surface area contributed by atoms with Gasteiger partial charge < -0.3 is 11.4 Å². The molecule has 2 bridgehead atoms. The summed E-state index contributed by atoms with van der Waals surface area (Å²) in [5.41, 5.74) is 0. The Morgan fingerprint density at radius 1 is 1.27 bits per heavy atom. The van der Waals surface area contributed by atoms with Gasteiger partial charge in [-0.2, -0.15) is 0 Å². The minimum atomic E-state index is -0.00583. The van der Waals surface area contributed by atoms with Gasteiger partial charge in [0.05, 0.1) is 6.10 Å². The quantitative estimate of drug-likeness (QED) is 0.409. The average molecular weight is 165 g/mol. The van der Waals surface area contributed by atoms with Gasteiger partial charge >= 0.3 is 29.6 Å². The molecule has 3 heteroatoms. The fourth-order valence-corrected chi connectivity index (χ4v) is 2.38. The summed E-state index contributed by atoms with van der Waals surface area (Å²) >= 11 is 0. The van der Waals surface area contributed by atoms with E-state index in [0.29, 0.717) is 12.1 Å². The van der Waals surface area contributed by atoms with Gasteiger partial charge in [-0.05, 0) is 32.7 Å².